The van der Waals surface area contributed by atoms with Gasteiger partial charge in [0.2, 0.25) is 5.91 Å². The maximum Gasteiger partial charge on any atom is 0.328 e. The van der Waals surface area contributed by atoms with Crippen molar-refractivity contribution in [3.05, 3.63) is 88.8 Å². The summed E-state index contributed by atoms with van der Waals surface area (Å²) in [6.45, 7) is 3.87. The molecular weight excluding hydrogens is 775 g/mol. The number of alkyl halides is 1. The molecule has 16 heteroatoms. The number of halogens is 2. The average Bonchev–Trinajstić information content (AvgIpc) is 3.55. The van der Waals surface area contributed by atoms with Crippen LogP contribution in [0.4, 0.5) is 32.1 Å². The van der Waals surface area contributed by atoms with Crippen LogP contribution in [0, 0.1) is 5.41 Å². The molecule has 2 saturated heterocycles. The molecule has 6 heterocycles. The fourth-order valence-corrected chi connectivity index (χ4v) is 9.39. The van der Waals surface area contributed by atoms with Gasteiger partial charge in [0.15, 0.2) is 17.2 Å². The van der Waals surface area contributed by atoms with E-state index in [0.29, 0.717) is 40.9 Å². The number of carbonyl (C=O) groups excluding carboxylic acids is 3. The Labute approximate surface area is 345 Å². The summed E-state index contributed by atoms with van der Waals surface area (Å²) in [5, 5.41) is 13.6. The van der Waals surface area contributed by atoms with E-state index < -0.39 is 24.2 Å². The summed E-state index contributed by atoms with van der Waals surface area (Å²) in [6.07, 6.45) is 8.19. The molecule has 0 radical (unpaired) electrons. The molecule has 2 aliphatic carbocycles. The lowest BCUT2D eigenvalue weighted by atomic mass is 9.61. The topological polar surface area (TPSA) is 149 Å². The number of carbonyl (C=O) groups is 3. The van der Waals surface area contributed by atoms with Gasteiger partial charge in [0.05, 0.1) is 40.4 Å². The fraction of sp³-hybridized carbons (Fsp3) is 0.395. The third-order valence-electron chi connectivity index (χ3n) is 12.6. The van der Waals surface area contributed by atoms with Crippen molar-refractivity contribution in [3.8, 4) is 17.0 Å². The van der Waals surface area contributed by atoms with Gasteiger partial charge in [0, 0.05) is 69.1 Å². The summed E-state index contributed by atoms with van der Waals surface area (Å²) in [7, 11) is 1.81. The number of imide groups is 1. The Balaban J connectivity index is 0.760. The number of rotatable bonds is 10. The van der Waals surface area contributed by atoms with Crippen molar-refractivity contribution in [1.29, 1.82) is 0 Å². The molecule has 0 bridgehead atoms. The number of benzene rings is 2. The molecule has 2 atom stereocenters. The minimum atomic E-state index is -1.00. The Morgan fingerprint density at radius 3 is 2.54 bits per heavy atom. The van der Waals surface area contributed by atoms with E-state index in [0.717, 1.165) is 74.4 Å². The first kappa shape index (κ1) is 37.5. The number of pyridine rings is 1. The molecule has 3 aromatic heterocycles. The lowest BCUT2D eigenvalue weighted by molar-refractivity contribution is -0.120. The highest BCUT2D eigenvalue weighted by Crippen LogP contribution is 2.51. The first-order valence-corrected chi connectivity index (χ1v) is 20.7. The van der Waals surface area contributed by atoms with Crippen molar-refractivity contribution in [2.75, 3.05) is 48.3 Å². The van der Waals surface area contributed by atoms with Crippen molar-refractivity contribution >= 4 is 58.0 Å². The smallest absolute Gasteiger partial charge is 0.328 e. The molecule has 59 heavy (non-hydrogen) atoms. The molecule has 2 saturated carbocycles. The van der Waals surface area contributed by atoms with Gasteiger partial charge in [-0.25, -0.2) is 18.7 Å². The molecule has 2 aromatic carbocycles. The predicted octanol–water partition coefficient (Wildman–Crippen LogP) is 6.29. The number of fused-ring (bicyclic) bond motifs is 2. The number of likely N-dealkylation sites (tertiary alicyclic amines) is 1. The van der Waals surface area contributed by atoms with Crippen LogP contribution in [0.15, 0.2) is 67.0 Å². The largest absolute Gasteiger partial charge is 0.490 e. The standard InChI is InChI=1S/C43H44ClFN10O4/c1-46-34-19-38(51-55-37(23-48-40(34)55)41(57)49-33-18-31(33)45)53-13-9-29-28(3-2-4-35(29)53)32-8-5-25(22-47-32)24-52-15-11-43(12-16-52)20-27(21-43)59-26-6-7-30(44)36(17-26)54-14-10-39(56)50-42(54)58/h2-8,17,19,22-23,27,31,33,46H,9-16,18,20-21,24H2,1H3,(H,49,57)(H,50,56,58)/t31-,33+/m0/s1. The zero-order chi connectivity index (χ0) is 40.4. The van der Waals surface area contributed by atoms with E-state index in [-0.39, 0.29) is 36.1 Å². The zero-order valence-electron chi connectivity index (χ0n) is 32.6. The van der Waals surface area contributed by atoms with Crippen molar-refractivity contribution in [2.24, 2.45) is 5.41 Å². The maximum absolute atomic E-state index is 13.6. The second-order valence-corrected chi connectivity index (χ2v) is 16.8. The van der Waals surface area contributed by atoms with Gasteiger partial charge in [-0.3, -0.25) is 29.7 Å². The summed E-state index contributed by atoms with van der Waals surface area (Å²) in [5.41, 5.74) is 7.78. The average molecular weight is 819 g/mol. The molecule has 4 fully saturated rings. The van der Waals surface area contributed by atoms with Gasteiger partial charge in [-0.2, -0.15) is 0 Å². The monoisotopic (exact) mass is 818 g/mol. The molecule has 3 N–H and O–H groups in total. The van der Waals surface area contributed by atoms with Crippen molar-refractivity contribution in [1.82, 2.24) is 35.1 Å². The lowest BCUT2D eigenvalue weighted by Gasteiger charge is -2.51. The summed E-state index contributed by atoms with van der Waals surface area (Å²) < 4.78 is 21.4. The van der Waals surface area contributed by atoms with Gasteiger partial charge in [-0.1, -0.05) is 29.8 Å². The third kappa shape index (κ3) is 7.09. The Morgan fingerprint density at radius 2 is 1.80 bits per heavy atom. The molecule has 4 amide bonds. The van der Waals surface area contributed by atoms with Gasteiger partial charge >= 0.3 is 6.03 Å². The highest BCUT2D eigenvalue weighted by Gasteiger charge is 2.47. The second kappa shape index (κ2) is 14.8. The van der Waals surface area contributed by atoms with Crippen LogP contribution >= 0.6 is 11.6 Å². The molecular formula is C43H44ClFN10O4. The van der Waals surface area contributed by atoms with Crippen LogP contribution < -0.4 is 30.5 Å². The fourth-order valence-electron chi connectivity index (χ4n) is 9.17. The quantitative estimate of drug-likeness (QED) is 0.147. The normalized spacial score (nSPS) is 21.3. The number of amides is 4. The Morgan fingerprint density at radius 1 is 0.983 bits per heavy atom. The molecule has 0 unspecified atom stereocenters. The van der Waals surface area contributed by atoms with Gasteiger partial charge < -0.3 is 20.3 Å². The summed E-state index contributed by atoms with van der Waals surface area (Å²) >= 11 is 6.43. The minimum absolute atomic E-state index is 0.114. The van der Waals surface area contributed by atoms with E-state index in [1.54, 1.807) is 16.6 Å². The van der Waals surface area contributed by atoms with Crippen molar-refractivity contribution < 1.29 is 23.5 Å². The van der Waals surface area contributed by atoms with Crippen LogP contribution in [-0.4, -0.2) is 93.9 Å². The van der Waals surface area contributed by atoms with Crippen LogP contribution in [0.5, 0.6) is 5.75 Å². The van der Waals surface area contributed by atoms with E-state index in [1.165, 1.54) is 22.2 Å². The minimum Gasteiger partial charge on any atom is -0.490 e. The number of aromatic nitrogens is 4. The predicted molar refractivity (Wildman–Crippen MR) is 221 cm³/mol. The van der Waals surface area contributed by atoms with Crippen molar-refractivity contribution in [3.63, 3.8) is 0 Å². The molecule has 304 valence electrons. The van der Waals surface area contributed by atoms with Gasteiger partial charge in [0.25, 0.3) is 5.91 Å². The molecule has 5 aromatic rings. The zero-order valence-corrected chi connectivity index (χ0v) is 33.3. The SMILES string of the molecule is CNc1cc(N2CCc3c(-c4ccc(CN5CCC6(CC5)CC(Oc5ccc(Cl)c(N7CCC(=O)NC7=O)c5)C6)cn4)cccc32)nn2c(C(=O)N[C@@H]3C[C@@H]3F)cnc12. The number of imidazole rings is 1. The second-order valence-electron chi connectivity index (χ2n) is 16.4. The summed E-state index contributed by atoms with van der Waals surface area (Å²) in [5.74, 6) is 0.678. The van der Waals surface area contributed by atoms with E-state index in [9.17, 15) is 18.8 Å². The van der Waals surface area contributed by atoms with Crippen LogP contribution in [0.2, 0.25) is 5.02 Å². The number of urea groups is 1. The number of ether oxygens (including phenoxy) is 1. The molecule has 10 rings (SSSR count). The van der Waals surface area contributed by atoms with Gasteiger partial charge in [-0.05, 0) is 86.0 Å². The van der Waals surface area contributed by atoms with Crippen LogP contribution in [0.25, 0.3) is 16.9 Å². The molecule has 3 aliphatic heterocycles. The van der Waals surface area contributed by atoms with Gasteiger partial charge in [-0.15, -0.1) is 5.10 Å². The van der Waals surface area contributed by atoms with E-state index in [2.05, 4.69) is 55.0 Å². The third-order valence-corrected chi connectivity index (χ3v) is 12.9. The number of nitrogens with zero attached hydrogens (tertiary/aromatic N) is 7. The number of hydrogen-bond acceptors (Lipinski definition) is 10. The highest BCUT2D eigenvalue weighted by molar-refractivity contribution is 6.34. The van der Waals surface area contributed by atoms with Gasteiger partial charge in [0.1, 0.15) is 11.9 Å². The Hall–Kier alpha value is -5.80. The Bertz CT molecular complexity index is 2480. The first-order valence-electron chi connectivity index (χ1n) is 20.3. The Kier molecular flexibility index (Phi) is 9.39. The van der Waals surface area contributed by atoms with E-state index in [4.69, 9.17) is 26.4 Å². The number of piperidine rings is 1. The highest BCUT2D eigenvalue weighted by atomic mass is 35.5. The summed E-state index contributed by atoms with van der Waals surface area (Å²) in [6, 6.07) is 17.0. The van der Waals surface area contributed by atoms with E-state index >= 15 is 0 Å². The van der Waals surface area contributed by atoms with Crippen molar-refractivity contribution in [2.45, 2.75) is 69.8 Å². The number of hydrogen-bond donors (Lipinski definition) is 3. The number of anilines is 4. The first-order chi connectivity index (χ1) is 28.6. The molecule has 5 aliphatic rings. The van der Waals surface area contributed by atoms with Crippen LogP contribution in [0.3, 0.4) is 0 Å². The lowest BCUT2D eigenvalue weighted by Crippen LogP contribution is -2.50. The van der Waals surface area contributed by atoms with E-state index in [1.807, 2.05) is 31.4 Å². The number of nitrogens with one attached hydrogen (secondary N) is 3. The van der Waals surface area contributed by atoms with Crippen LogP contribution in [-0.2, 0) is 17.8 Å². The van der Waals surface area contributed by atoms with Crippen LogP contribution in [0.1, 0.15) is 60.1 Å². The molecule has 1 spiro atoms. The summed E-state index contributed by atoms with van der Waals surface area (Å²) in [4.78, 5) is 52.6. The molecule has 14 nitrogen and oxygen atoms in total. The maximum atomic E-state index is 13.6.